The molecule has 1 aliphatic rings. The van der Waals surface area contributed by atoms with Crippen molar-refractivity contribution in [3.8, 4) is 0 Å². The Bertz CT molecular complexity index is 450. The van der Waals surface area contributed by atoms with Crippen LogP contribution in [0.4, 0.5) is 4.39 Å². The van der Waals surface area contributed by atoms with Gasteiger partial charge in [-0.2, -0.15) is 0 Å². The fourth-order valence-corrected chi connectivity index (χ4v) is 2.74. The molecule has 1 aliphatic heterocycles. The highest BCUT2D eigenvalue weighted by Crippen LogP contribution is 2.18. The first-order chi connectivity index (χ1) is 9.65. The zero-order valence-electron chi connectivity index (χ0n) is 12.1. The maximum absolute atomic E-state index is 13.0. The summed E-state index contributed by atoms with van der Waals surface area (Å²) in [5.41, 5.74) is 0.799. The number of rotatable bonds is 5. The van der Waals surface area contributed by atoms with Gasteiger partial charge in [-0.3, -0.25) is 4.79 Å². The van der Waals surface area contributed by atoms with Crippen LogP contribution >= 0.6 is 0 Å². The SMILES string of the molecule is CN1CCCCC1CCC(=O)NCc1cccc(F)c1. The molecule has 1 saturated heterocycles. The summed E-state index contributed by atoms with van der Waals surface area (Å²) >= 11 is 0. The molecule has 1 amide bonds. The maximum Gasteiger partial charge on any atom is 0.220 e. The predicted octanol–water partition coefficient (Wildman–Crippen LogP) is 2.71. The molecule has 0 spiro atoms. The van der Waals surface area contributed by atoms with E-state index in [-0.39, 0.29) is 11.7 Å². The molecule has 20 heavy (non-hydrogen) atoms. The third-order valence-corrected chi connectivity index (χ3v) is 4.00. The van der Waals surface area contributed by atoms with Crippen LogP contribution in [0, 0.1) is 5.82 Å². The summed E-state index contributed by atoms with van der Waals surface area (Å²) in [5, 5.41) is 2.86. The van der Waals surface area contributed by atoms with Gasteiger partial charge < -0.3 is 10.2 Å². The van der Waals surface area contributed by atoms with Gasteiger partial charge >= 0.3 is 0 Å². The first-order valence-electron chi connectivity index (χ1n) is 7.36. The van der Waals surface area contributed by atoms with E-state index >= 15 is 0 Å². The third-order valence-electron chi connectivity index (χ3n) is 4.00. The first kappa shape index (κ1) is 15.0. The Labute approximate surface area is 120 Å². The number of hydrogen-bond donors (Lipinski definition) is 1. The van der Waals surface area contributed by atoms with E-state index in [1.807, 2.05) is 6.07 Å². The van der Waals surface area contributed by atoms with Crippen molar-refractivity contribution in [3.05, 3.63) is 35.6 Å². The molecule has 1 atom stereocenters. The molecule has 1 unspecified atom stereocenters. The lowest BCUT2D eigenvalue weighted by Gasteiger charge is -2.32. The Morgan fingerprint density at radius 3 is 3.05 bits per heavy atom. The molecule has 1 aromatic carbocycles. The molecule has 1 N–H and O–H groups in total. The lowest BCUT2D eigenvalue weighted by Crippen LogP contribution is -2.37. The number of carbonyl (C=O) groups excluding carboxylic acids is 1. The Hall–Kier alpha value is -1.42. The second-order valence-corrected chi connectivity index (χ2v) is 5.58. The number of likely N-dealkylation sites (tertiary alicyclic amines) is 1. The van der Waals surface area contributed by atoms with E-state index in [2.05, 4.69) is 17.3 Å². The zero-order valence-corrected chi connectivity index (χ0v) is 12.1. The van der Waals surface area contributed by atoms with Gasteiger partial charge in [0.2, 0.25) is 5.91 Å². The van der Waals surface area contributed by atoms with Crippen molar-refractivity contribution in [3.63, 3.8) is 0 Å². The second-order valence-electron chi connectivity index (χ2n) is 5.58. The number of carbonyl (C=O) groups is 1. The number of amides is 1. The Morgan fingerprint density at radius 2 is 2.30 bits per heavy atom. The molecule has 1 fully saturated rings. The van der Waals surface area contributed by atoms with Crippen LogP contribution in [-0.4, -0.2) is 30.4 Å². The minimum atomic E-state index is -0.263. The lowest BCUT2D eigenvalue weighted by molar-refractivity contribution is -0.121. The zero-order chi connectivity index (χ0) is 14.4. The van der Waals surface area contributed by atoms with Crippen LogP contribution in [0.25, 0.3) is 0 Å². The van der Waals surface area contributed by atoms with E-state index in [1.165, 1.54) is 31.4 Å². The van der Waals surface area contributed by atoms with Gasteiger partial charge in [0.25, 0.3) is 0 Å². The summed E-state index contributed by atoms with van der Waals surface area (Å²) in [6.07, 6.45) is 5.17. The summed E-state index contributed by atoms with van der Waals surface area (Å²) in [5.74, 6) is -0.214. The minimum Gasteiger partial charge on any atom is -0.352 e. The van der Waals surface area contributed by atoms with Crippen molar-refractivity contribution in [2.24, 2.45) is 0 Å². The van der Waals surface area contributed by atoms with Crippen LogP contribution in [0.1, 0.15) is 37.7 Å². The average molecular weight is 278 g/mol. The van der Waals surface area contributed by atoms with Crippen molar-refractivity contribution in [1.82, 2.24) is 10.2 Å². The van der Waals surface area contributed by atoms with E-state index in [0.717, 1.165) is 18.5 Å². The summed E-state index contributed by atoms with van der Waals surface area (Å²) < 4.78 is 13.0. The van der Waals surface area contributed by atoms with Crippen molar-refractivity contribution in [1.29, 1.82) is 0 Å². The van der Waals surface area contributed by atoms with E-state index < -0.39 is 0 Å². The van der Waals surface area contributed by atoms with E-state index in [1.54, 1.807) is 6.07 Å². The van der Waals surface area contributed by atoms with Crippen LogP contribution in [0.5, 0.6) is 0 Å². The molecular formula is C16H23FN2O. The molecule has 1 heterocycles. The predicted molar refractivity (Wildman–Crippen MR) is 77.7 cm³/mol. The Kier molecular flexibility index (Phi) is 5.53. The van der Waals surface area contributed by atoms with E-state index in [0.29, 0.717) is 19.0 Å². The van der Waals surface area contributed by atoms with Crippen LogP contribution < -0.4 is 5.32 Å². The van der Waals surface area contributed by atoms with Crippen LogP contribution in [0.15, 0.2) is 24.3 Å². The quantitative estimate of drug-likeness (QED) is 0.898. The molecule has 110 valence electrons. The van der Waals surface area contributed by atoms with E-state index in [4.69, 9.17) is 0 Å². The van der Waals surface area contributed by atoms with Crippen molar-refractivity contribution < 1.29 is 9.18 Å². The number of nitrogens with one attached hydrogen (secondary N) is 1. The number of piperidine rings is 1. The van der Waals surface area contributed by atoms with Crippen LogP contribution in [0.2, 0.25) is 0 Å². The number of halogens is 1. The van der Waals surface area contributed by atoms with Gasteiger partial charge in [0.1, 0.15) is 5.82 Å². The van der Waals surface area contributed by atoms with Gasteiger partial charge in [0, 0.05) is 19.0 Å². The molecule has 4 heteroatoms. The molecule has 0 bridgehead atoms. The first-order valence-corrected chi connectivity index (χ1v) is 7.36. The number of benzene rings is 1. The van der Waals surface area contributed by atoms with Crippen molar-refractivity contribution >= 4 is 5.91 Å². The van der Waals surface area contributed by atoms with Gasteiger partial charge in [-0.15, -0.1) is 0 Å². The van der Waals surface area contributed by atoms with Crippen molar-refractivity contribution in [2.45, 2.75) is 44.7 Å². The van der Waals surface area contributed by atoms with Gasteiger partial charge in [0.15, 0.2) is 0 Å². The standard InChI is InChI=1S/C16H23FN2O/c1-19-10-3-2-7-15(19)8-9-16(20)18-12-13-5-4-6-14(17)11-13/h4-6,11,15H,2-3,7-10,12H2,1H3,(H,18,20). The summed E-state index contributed by atoms with van der Waals surface area (Å²) in [6, 6.07) is 6.87. The van der Waals surface area contributed by atoms with Crippen LogP contribution in [0.3, 0.4) is 0 Å². The highest BCUT2D eigenvalue weighted by atomic mass is 19.1. The van der Waals surface area contributed by atoms with Gasteiger partial charge in [0.05, 0.1) is 0 Å². The second kappa shape index (κ2) is 7.39. The number of hydrogen-bond acceptors (Lipinski definition) is 2. The lowest BCUT2D eigenvalue weighted by atomic mass is 9.98. The Balaban J connectivity index is 1.70. The monoisotopic (exact) mass is 278 g/mol. The Morgan fingerprint density at radius 1 is 1.45 bits per heavy atom. The van der Waals surface area contributed by atoms with Gasteiger partial charge in [-0.05, 0) is 50.6 Å². The molecule has 0 saturated carbocycles. The largest absolute Gasteiger partial charge is 0.352 e. The molecular weight excluding hydrogens is 255 g/mol. The molecule has 2 rings (SSSR count). The summed E-state index contributed by atoms with van der Waals surface area (Å²) in [7, 11) is 2.13. The third kappa shape index (κ3) is 4.60. The molecule has 1 aromatic rings. The normalized spacial score (nSPS) is 19.8. The fraction of sp³-hybridized carbons (Fsp3) is 0.562. The summed E-state index contributed by atoms with van der Waals surface area (Å²) in [6.45, 7) is 1.53. The topological polar surface area (TPSA) is 32.3 Å². The number of nitrogens with zero attached hydrogens (tertiary/aromatic N) is 1. The molecule has 3 nitrogen and oxygen atoms in total. The van der Waals surface area contributed by atoms with Gasteiger partial charge in [-0.25, -0.2) is 4.39 Å². The maximum atomic E-state index is 13.0. The highest BCUT2D eigenvalue weighted by molar-refractivity contribution is 5.75. The molecule has 0 aliphatic carbocycles. The highest BCUT2D eigenvalue weighted by Gasteiger charge is 2.19. The molecule has 0 radical (unpaired) electrons. The molecule has 0 aromatic heterocycles. The smallest absolute Gasteiger partial charge is 0.220 e. The van der Waals surface area contributed by atoms with Gasteiger partial charge in [-0.1, -0.05) is 18.6 Å². The summed E-state index contributed by atoms with van der Waals surface area (Å²) in [4.78, 5) is 14.2. The van der Waals surface area contributed by atoms with E-state index in [9.17, 15) is 9.18 Å². The minimum absolute atomic E-state index is 0.0493. The average Bonchev–Trinajstić information content (AvgIpc) is 2.44. The fourth-order valence-electron chi connectivity index (χ4n) is 2.74. The van der Waals surface area contributed by atoms with Crippen LogP contribution in [-0.2, 0) is 11.3 Å². The van der Waals surface area contributed by atoms with Crippen molar-refractivity contribution in [2.75, 3.05) is 13.6 Å².